The molecular formula is C12H15FN2O2S2. The number of rotatable bonds is 5. The van der Waals surface area contributed by atoms with E-state index in [-0.39, 0.29) is 21.5 Å². The van der Waals surface area contributed by atoms with Crippen LogP contribution in [-0.4, -0.2) is 19.4 Å². The number of halogens is 1. The van der Waals surface area contributed by atoms with E-state index in [4.69, 9.17) is 18.0 Å². The van der Waals surface area contributed by atoms with Crippen molar-refractivity contribution in [2.45, 2.75) is 30.7 Å². The van der Waals surface area contributed by atoms with Gasteiger partial charge in [-0.1, -0.05) is 25.6 Å². The van der Waals surface area contributed by atoms with E-state index >= 15 is 0 Å². The zero-order chi connectivity index (χ0) is 14.2. The van der Waals surface area contributed by atoms with Gasteiger partial charge in [0.2, 0.25) is 10.0 Å². The van der Waals surface area contributed by atoms with Crippen LogP contribution >= 0.6 is 12.2 Å². The number of nitrogens with two attached hydrogens (primary N) is 1. The van der Waals surface area contributed by atoms with Crippen molar-refractivity contribution in [2.24, 2.45) is 11.7 Å². The van der Waals surface area contributed by atoms with E-state index in [9.17, 15) is 12.8 Å². The Morgan fingerprint density at radius 2 is 2.26 bits per heavy atom. The molecule has 0 radical (unpaired) electrons. The smallest absolute Gasteiger partial charge is 0.240 e. The van der Waals surface area contributed by atoms with Crippen molar-refractivity contribution in [3.05, 3.63) is 29.6 Å². The number of sulfonamides is 1. The standard InChI is InChI=1S/C12H15FN2O2S2/c1-2-7-5-11(7)15-19(16,17)8-3-4-10(13)9(6-8)12(14)18/h3-4,6-7,11,15H,2,5H2,1H3,(H2,14,18). The summed E-state index contributed by atoms with van der Waals surface area (Å²) >= 11 is 4.69. The van der Waals surface area contributed by atoms with Gasteiger partial charge in [0.25, 0.3) is 0 Å². The van der Waals surface area contributed by atoms with Gasteiger partial charge in [0.1, 0.15) is 10.8 Å². The molecule has 2 atom stereocenters. The molecule has 4 nitrogen and oxygen atoms in total. The molecule has 3 N–H and O–H groups in total. The minimum atomic E-state index is -3.64. The fourth-order valence-electron chi connectivity index (χ4n) is 1.97. The van der Waals surface area contributed by atoms with Crippen molar-refractivity contribution < 1.29 is 12.8 Å². The zero-order valence-corrected chi connectivity index (χ0v) is 12.0. The minimum Gasteiger partial charge on any atom is -0.389 e. The SMILES string of the molecule is CCC1CC1NS(=O)(=O)c1ccc(F)c(C(N)=S)c1. The van der Waals surface area contributed by atoms with Gasteiger partial charge in [0.05, 0.1) is 4.90 Å². The maximum atomic E-state index is 13.4. The molecule has 1 aromatic rings. The first-order chi connectivity index (χ1) is 8.85. The summed E-state index contributed by atoms with van der Waals surface area (Å²) in [6.07, 6.45) is 1.79. The van der Waals surface area contributed by atoms with Crippen LogP contribution in [0.1, 0.15) is 25.3 Å². The number of nitrogens with one attached hydrogen (secondary N) is 1. The number of hydrogen-bond acceptors (Lipinski definition) is 3. The summed E-state index contributed by atoms with van der Waals surface area (Å²) in [5.41, 5.74) is 5.31. The lowest BCUT2D eigenvalue weighted by atomic mass is 10.2. The number of benzene rings is 1. The van der Waals surface area contributed by atoms with E-state index in [1.54, 1.807) is 0 Å². The molecule has 2 unspecified atom stereocenters. The van der Waals surface area contributed by atoms with Crippen LogP contribution in [0.15, 0.2) is 23.1 Å². The highest BCUT2D eigenvalue weighted by molar-refractivity contribution is 7.89. The molecule has 19 heavy (non-hydrogen) atoms. The summed E-state index contributed by atoms with van der Waals surface area (Å²) in [7, 11) is -3.64. The predicted octanol–water partition coefficient (Wildman–Crippen LogP) is 1.54. The molecule has 0 aromatic heterocycles. The molecule has 2 rings (SSSR count). The average Bonchev–Trinajstić information content (AvgIpc) is 3.06. The molecule has 1 fully saturated rings. The fourth-order valence-corrected chi connectivity index (χ4v) is 3.47. The molecule has 104 valence electrons. The van der Waals surface area contributed by atoms with Gasteiger partial charge in [0.15, 0.2) is 0 Å². The lowest BCUT2D eigenvalue weighted by Crippen LogP contribution is -2.27. The zero-order valence-electron chi connectivity index (χ0n) is 10.4. The maximum absolute atomic E-state index is 13.4. The molecule has 0 bridgehead atoms. The second-order valence-electron chi connectivity index (χ2n) is 4.64. The predicted molar refractivity (Wildman–Crippen MR) is 74.8 cm³/mol. The lowest BCUT2D eigenvalue weighted by Gasteiger charge is -2.08. The normalized spacial score (nSPS) is 22.2. The van der Waals surface area contributed by atoms with Gasteiger partial charge in [-0.2, -0.15) is 0 Å². The molecular weight excluding hydrogens is 287 g/mol. The van der Waals surface area contributed by atoms with Crippen molar-refractivity contribution in [2.75, 3.05) is 0 Å². The summed E-state index contributed by atoms with van der Waals surface area (Å²) in [4.78, 5) is -0.175. The Bertz CT molecular complexity index is 616. The second-order valence-corrected chi connectivity index (χ2v) is 6.79. The highest BCUT2D eigenvalue weighted by Gasteiger charge is 2.38. The van der Waals surface area contributed by atoms with Gasteiger partial charge >= 0.3 is 0 Å². The van der Waals surface area contributed by atoms with Gasteiger partial charge in [-0.05, 0) is 30.5 Å². The Morgan fingerprint density at radius 1 is 1.58 bits per heavy atom. The third kappa shape index (κ3) is 3.10. The monoisotopic (exact) mass is 302 g/mol. The fraction of sp³-hybridized carbons (Fsp3) is 0.417. The molecule has 1 aromatic carbocycles. The van der Waals surface area contributed by atoms with Gasteiger partial charge in [-0.3, -0.25) is 0 Å². The Labute approximate surface area is 117 Å². The van der Waals surface area contributed by atoms with Crippen molar-refractivity contribution in [1.82, 2.24) is 4.72 Å². The van der Waals surface area contributed by atoms with E-state index in [1.165, 1.54) is 12.1 Å². The molecule has 0 spiro atoms. The second kappa shape index (κ2) is 5.15. The first-order valence-corrected chi connectivity index (χ1v) is 7.86. The molecule has 1 saturated carbocycles. The van der Waals surface area contributed by atoms with E-state index in [1.807, 2.05) is 6.92 Å². The molecule has 0 aliphatic heterocycles. The summed E-state index contributed by atoms with van der Waals surface area (Å²) in [5, 5.41) is 0. The van der Waals surface area contributed by atoms with Gasteiger partial charge < -0.3 is 5.73 Å². The maximum Gasteiger partial charge on any atom is 0.240 e. The Hall–Kier alpha value is -1.05. The summed E-state index contributed by atoms with van der Waals surface area (Å²) in [6.45, 7) is 2.02. The first kappa shape index (κ1) is 14.4. The van der Waals surface area contributed by atoms with Crippen molar-refractivity contribution in [3.63, 3.8) is 0 Å². The van der Waals surface area contributed by atoms with Crippen LogP contribution in [0.2, 0.25) is 0 Å². The van der Waals surface area contributed by atoms with Crippen LogP contribution in [0.3, 0.4) is 0 Å². The van der Waals surface area contributed by atoms with Gasteiger partial charge in [-0.15, -0.1) is 0 Å². The van der Waals surface area contributed by atoms with E-state index in [0.717, 1.165) is 18.9 Å². The van der Waals surface area contributed by atoms with E-state index < -0.39 is 15.8 Å². The van der Waals surface area contributed by atoms with E-state index in [0.29, 0.717) is 5.92 Å². The third-order valence-electron chi connectivity index (χ3n) is 3.27. The molecule has 1 aliphatic rings. The highest BCUT2D eigenvalue weighted by atomic mass is 32.2. The minimum absolute atomic E-state index is 0.0153. The van der Waals surface area contributed by atoms with Crippen molar-refractivity contribution in [1.29, 1.82) is 0 Å². The quantitative estimate of drug-likeness (QED) is 0.809. The average molecular weight is 302 g/mol. The van der Waals surface area contributed by atoms with Crippen LogP contribution in [0.5, 0.6) is 0 Å². The van der Waals surface area contributed by atoms with Gasteiger partial charge in [0, 0.05) is 11.6 Å². The first-order valence-electron chi connectivity index (χ1n) is 5.97. The summed E-state index contributed by atoms with van der Waals surface area (Å²) in [5.74, 6) is -0.227. The number of thiocarbonyl (C=S) groups is 1. The molecule has 0 heterocycles. The van der Waals surface area contributed by atoms with Crippen LogP contribution in [0.4, 0.5) is 4.39 Å². The summed E-state index contributed by atoms with van der Waals surface area (Å²) < 4.78 is 40.2. The third-order valence-corrected chi connectivity index (χ3v) is 4.97. The molecule has 1 aliphatic carbocycles. The molecule has 7 heteroatoms. The van der Waals surface area contributed by atoms with Crippen LogP contribution < -0.4 is 10.5 Å². The Balaban J connectivity index is 2.26. The van der Waals surface area contributed by atoms with Crippen molar-refractivity contribution >= 4 is 27.2 Å². The van der Waals surface area contributed by atoms with Crippen LogP contribution in [-0.2, 0) is 10.0 Å². The highest BCUT2D eigenvalue weighted by Crippen LogP contribution is 2.34. The topological polar surface area (TPSA) is 72.2 Å². The summed E-state index contributed by atoms with van der Waals surface area (Å²) in [6, 6.07) is 3.42. The largest absolute Gasteiger partial charge is 0.389 e. The van der Waals surface area contributed by atoms with Crippen molar-refractivity contribution in [3.8, 4) is 0 Å². The van der Waals surface area contributed by atoms with E-state index in [2.05, 4.69) is 4.72 Å². The van der Waals surface area contributed by atoms with Crippen LogP contribution in [0.25, 0.3) is 0 Å². The molecule has 0 saturated heterocycles. The van der Waals surface area contributed by atoms with Crippen LogP contribution in [0, 0.1) is 11.7 Å². The lowest BCUT2D eigenvalue weighted by molar-refractivity contribution is 0.575. The Kier molecular flexibility index (Phi) is 3.89. The number of hydrogen-bond donors (Lipinski definition) is 2. The van der Waals surface area contributed by atoms with Gasteiger partial charge in [-0.25, -0.2) is 17.5 Å². The Morgan fingerprint density at radius 3 is 2.79 bits per heavy atom. The molecule has 0 amide bonds.